The lowest BCUT2D eigenvalue weighted by molar-refractivity contribution is 0.476. The van der Waals surface area contributed by atoms with Gasteiger partial charge in [-0.05, 0) is 41.8 Å². The molecule has 0 saturated heterocycles. The summed E-state index contributed by atoms with van der Waals surface area (Å²) in [6, 6.07) is 13.4. The molecule has 0 aromatic heterocycles. The first kappa shape index (κ1) is 14.8. The van der Waals surface area contributed by atoms with Crippen molar-refractivity contribution in [2.24, 2.45) is 5.73 Å². The fourth-order valence-electron chi connectivity index (χ4n) is 1.72. The highest BCUT2D eigenvalue weighted by atomic mass is 35.5. The molecule has 0 atom stereocenters. The largest absolute Gasteiger partial charge is 0.506 e. The van der Waals surface area contributed by atoms with Gasteiger partial charge in [-0.25, -0.2) is 0 Å². The summed E-state index contributed by atoms with van der Waals surface area (Å²) in [4.78, 5) is 0. The quantitative estimate of drug-likeness (QED) is 0.904. The molecule has 18 heavy (non-hydrogen) atoms. The minimum absolute atomic E-state index is 0. The van der Waals surface area contributed by atoms with E-state index in [1.807, 2.05) is 30.3 Å². The van der Waals surface area contributed by atoms with Gasteiger partial charge in [0.2, 0.25) is 0 Å². The maximum absolute atomic E-state index is 9.55. The Labute approximate surface area is 118 Å². The fraction of sp³-hybridized carbons (Fsp3) is 0.143. The van der Waals surface area contributed by atoms with Gasteiger partial charge in [0.25, 0.3) is 0 Å². The molecule has 0 spiro atoms. The number of aromatic hydroxyl groups is 1. The van der Waals surface area contributed by atoms with Crippen LogP contribution in [0.5, 0.6) is 5.75 Å². The second-order valence-corrected chi connectivity index (χ2v) is 4.31. The highest BCUT2D eigenvalue weighted by molar-refractivity contribution is 6.32. The number of hydrogen-bond donors (Lipinski definition) is 2. The van der Waals surface area contributed by atoms with Gasteiger partial charge in [-0.1, -0.05) is 41.9 Å². The normalized spacial score (nSPS) is 9.89. The second kappa shape index (κ2) is 6.64. The van der Waals surface area contributed by atoms with Crippen molar-refractivity contribution in [2.45, 2.75) is 6.42 Å². The Hall–Kier alpha value is -1.22. The van der Waals surface area contributed by atoms with Gasteiger partial charge in [0, 0.05) is 0 Å². The topological polar surface area (TPSA) is 46.2 Å². The first-order chi connectivity index (χ1) is 8.20. The zero-order chi connectivity index (χ0) is 12.3. The summed E-state index contributed by atoms with van der Waals surface area (Å²) >= 11 is 5.77. The van der Waals surface area contributed by atoms with Crippen LogP contribution in [0.2, 0.25) is 5.02 Å². The molecule has 3 N–H and O–H groups in total. The van der Waals surface area contributed by atoms with Crippen molar-refractivity contribution >= 4 is 24.0 Å². The molecule has 2 nitrogen and oxygen atoms in total. The van der Waals surface area contributed by atoms with Crippen LogP contribution in [0.4, 0.5) is 0 Å². The van der Waals surface area contributed by atoms with E-state index in [0.29, 0.717) is 11.6 Å². The minimum atomic E-state index is 0. The van der Waals surface area contributed by atoms with Gasteiger partial charge < -0.3 is 10.8 Å². The maximum atomic E-state index is 9.55. The van der Waals surface area contributed by atoms with Gasteiger partial charge >= 0.3 is 0 Å². The molecule has 0 aliphatic carbocycles. The molecule has 0 saturated carbocycles. The molecule has 0 unspecified atom stereocenters. The lowest BCUT2D eigenvalue weighted by Crippen LogP contribution is -2.02. The third-order valence-electron chi connectivity index (χ3n) is 2.67. The first-order valence-corrected chi connectivity index (χ1v) is 5.86. The number of nitrogens with two attached hydrogens (primary N) is 1. The number of phenols is 1. The van der Waals surface area contributed by atoms with Crippen LogP contribution in [-0.2, 0) is 6.42 Å². The van der Waals surface area contributed by atoms with Gasteiger partial charge in [-0.3, -0.25) is 0 Å². The third kappa shape index (κ3) is 3.39. The van der Waals surface area contributed by atoms with Crippen molar-refractivity contribution < 1.29 is 5.11 Å². The summed E-state index contributed by atoms with van der Waals surface area (Å²) in [7, 11) is 0. The lowest BCUT2D eigenvalue weighted by Gasteiger charge is -2.05. The smallest absolute Gasteiger partial charge is 0.134 e. The van der Waals surface area contributed by atoms with E-state index in [4.69, 9.17) is 17.3 Å². The van der Waals surface area contributed by atoms with E-state index in [-0.39, 0.29) is 18.2 Å². The van der Waals surface area contributed by atoms with Crippen LogP contribution in [0.3, 0.4) is 0 Å². The second-order valence-electron chi connectivity index (χ2n) is 3.90. The number of rotatable bonds is 3. The van der Waals surface area contributed by atoms with E-state index in [9.17, 15) is 5.11 Å². The molecule has 0 fully saturated rings. The van der Waals surface area contributed by atoms with Crippen LogP contribution < -0.4 is 5.73 Å². The van der Waals surface area contributed by atoms with Crippen LogP contribution in [-0.4, -0.2) is 11.7 Å². The predicted octanol–water partition coefficient (Wildman–Crippen LogP) is 3.64. The summed E-state index contributed by atoms with van der Waals surface area (Å²) in [5, 5.41) is 9.92. The molecule has 0 aliphatic heterocycles. The number of hydrogen-bond acceptors (Lipinski definition) is 2. The summed E-state index contributed by atoms with van der Waals surface area (Å²) in [6.07, 6.45) is 0.881. The average molecular weight is 284 g/mol. The molecular formula is C14H15Cl2NO. The number of benzene rings is 2. The molecule has 2 rings (SSSR count). The SMILES string of the molecule is Cl.NCCc1ccc(-c2ccc(Cl)c(O)c2)cc1. The van der Waals surface area contributed by atoms with E-state index in [2.05, 4.69) is 0 Å². The Kier molecular flexibility index (Phi) is 5.48. The van der Waals surface area contributed by atoms with E-state index in [1.54, 1.807) is 12.1 Å². The number of phenolic OH excluding ortho intramolecular Hbond substituents is 1. The molecule has 96 valence electrons. The standard InChI is InChI=1S/C14H14ClNO.ClH/c15-13-6-5-12(9-14(13)17)11-3-1-10(2-4-11)7-8-16;/h1-6,9,17H,7-8,16H2;1H. The lowest BCUT2D eigenvalue weighted by atomic mass is 10.0. The zero-order valence-electron chi connectivity index (χ0n) is 9.77. The van der Waals surface area contributed by atoms with Gasteiger partial charge in [-0.15, -0.1) is 12.4 Å². The van der Waals surface area contributed by atoms with Crippen LogP contribution in [0.25, 0.3) is 11.1 Å². The Bertz CT molecular complexity index is 512. The van der Waals surface area contributed by atoms with Crippen molar-refractivity contribution in [2.75, 3.05) is 6.54 Å². The average Bonchev–Trinajstić information content (AvgIpc) is 2.34. The van der Waals surface area contributed by atoms with Crippen molar-refractivity contribution in [1.82, 2.24) is 0 Å². The summed E-state index contributed by atoms with van der Waals surface area (Å²) in [6.45, 7) is 0.654. The molecule has 4 heteroatoms. The van der Waals surface area contributed by atoms with Crippen LogP contribution in [0, 0.1) is 0 Å². The molecule has 0 radical (unpaired) electrons. The summed E-state index contributed by atoms with van der Waals surface area (Å²) < 4.78 is 0. The Balaban J connectivity index is 0.00000162. The fourth-order valence-corrected chi connectivity index (χ4v) is 1.84. The van der Waals surface area contributed by atoms with Gasteiger partial charge in [0.15, 0.2) is 0 Å². The predicted molar refractivity (Wildman–Crippen MR) is 78.6 cm³/mol. The Morgan fingerprint density at radius 1 is 1.00 bits per heavy atom. The van der Waals surface area contributed by atoms with E-state index >= 15 is 0 Å². The van der Waals surface area contributed by atoms with Gasteiger partial charge in [0.1, 0.15) is 5.75 Å². The van der Waals surface area contributed by atoms with Crippen molar-refractivity contribution in [3.8, 4) is 16.9 Å². The Morgan fingerprint density at radius 2 is 1.61 bits per heavy atom. The molecule has 2 aromatic rings. The van der Waals surface area contributed by atoms with Crippen LogP contribution in [0.15, 0.2) is 42.5 Å². The summed E-state index contributed by atoms with van der Waals surface area (Å²) in [5.74, 6) is 0.107. The van der Waals surface area contributed by atoms with Gasteiger partial charge in [-0.2, -0.15) is 0 Å². The van der Waals surface area contributed by atoms with E-state index in [0.717, 1.165) is 17.5 Å². The van der Waals surface area contributed by atoms with Gasteiger partial charge in [0.05, 0.1) is 5.02 Å². The molecule has 0 bridgehead atoms. The number of halogens is 2. The summed E-state index contributed by atoms with van der Waals surface area (Å²) in [5.41, 5.74) is 8.72. The van der Waals surface area contributed by atoms with Crippen molar-refractivity contribution in [3.05, 3.63) is 53.1 Å². The van der Waals surface area contributed by atoms with Crippen molar-refractivity contribution in [3.63, 3.8) is 0 Å². The van der Waals surface area contributed by atoms with Crippen LogP contribution in [0.1, 0.15) is 5.56 Å². The van der Waals surface area contributed by atoms with Crippen LogP contribution >= 0.6 is 24.0 Å². The van der Waals surface area contributed by atoms with E-state index < -0.39 is 0 Å². The zero-order valence-corrected chi connectivity index (χ0v) is 11.3. The molecule has 0 heterocycles. The monoisotopic (exact) mass is 283 g/mol. The highest BCUT2D eigenvalue weighted by Crippen LogP contribution is 2.29. The van der Waals surface area contributed by atoms with E-state index in [1.165, 1.54) is 5.56 Å². The molecule has 0 aliphatic rings. The molecule has 2 aromatic carbocycles. The first-order valence-electron chi connectivity index (χ1n) is 5.48. The minimum Gasteiger partial charge on any atom is -0.506 e. The molecular weight excluding hydrogens is 269 g/mol. The third-order valence-corrected chi connectivity index (χ3v) is 2.99. The Morgan fingerprint density at radius 3 is 2.17 bits per heavy atom. The highest BCUT2D eigenvalue weighted by Gasteiger charge is 2.02. The maximum Gasteiger partial charge on any atom is 0.134 e. The molecule has 0 amide bonds. The van der Waals surface area contributed by atoms with Crippen molar-refractivity contribution in [1.29, 1.82) is 0 Å².